The average Bonchev–Trinajstić information content (AvgIpc) is 3.16. The van der Waals surface area contributed by atoms with Gasteiger partial charge in [0, 0.05) is 37.3 Å². The van der Waals surface area contributed by atoms with E-state index in [0.717, 1.165) is 24.8 Å². The van der Waals surface area contributed by atoms with Gasteiger partial charge in [0.25, 0.3) is 0 Å². The van der Waals surface area contributed by atoms with Gasteiger partial charge in [-0.2, -0.15) is 9.40 Å². The van der Waals surface area contributed by atoms with E-state index in [1.54, 1.807) is 10.9 Å². The summed E-state index contributed by atoms with van der Waals surface area (Å²) in [4.78, 5) is 13.1. The lowest BCUT2D eigenvalue weighted by Gasteiger charge is -2.33. The zero-order chi connectivity index (χ0) is 18.5. The summed E-state index contributed by atoms with van der Waals surface area (Å²) in [5.74, 6) is -0.276. The second-order valence-corrected chi connectivity index (χ2v) is 9.01. The molecule has 0 fully saturated rings. The van der Waals surface area contributed by atoms with Crippen molar-refractivity contribution < 1.29 is 13.2 Å². The van der Waals surface area contributed by atoms with E-state index in [2.05, 4.69) is 22.5 Å². The van der Waals surface area contributed by atoms with Crippen LogP contribution in [0.4, 0.5) is 0 Å². The summed E-state index contributed by atoms with van der Waals surface area (Å²) in [7, 11) is -1.69. The quantitative estimate of drug-likeness (QED) is 0.851. The molecule has 4 rings (SSSR count). The molecule has 0 spiro atoms. The number of aromatic nitrogens is 2. The van der Waals surface area contributed by atoms with Gasteiger partial charge in [-0.3, -0.25) is 9.48 Å². The van der Waals surface area contributed by atoms with Crippen molar-refractivity contribution in [2.75, 3.05) is 12.8 Å². The molecule has 1 aliphatic heterocycles. The molecule has 8 heteroatoms. The number of hydrogen-bond donors (Lipinski definition) is 1. The molecule has 1 unspecified atom stereocenters. The Kier molecular flexibility index (Phi) is 4.11. The summed E-state index contributed by atoms with van der Waals surface area (Å²) in [6.45, 7) is 0.286. The van der Waals surface area contributed by atoms with E-state index in [-0.39, 0.29) is 18.5 Å². The molecule has 1 aromatic carbocycles. The van der Waals surface area contributed by atoms with Crippen LogP contribution in [-0.4, -0.2) is 47.3 Å². The molecule has 2 aromatic rings. The van der Waals surface area contributed by atoms with Crippen LogP contribution in [0.2, 0.25) is 0 Å². The molecule has 26 heavy (non-hydrogen) atoms. The molecule has 2 aliphatic rings. The monoisotopic (exact) mass is 374 g/mol. The van der Waals surface area contributed by atoms with Crippen LogP contribution in [0.1, 0.15) is 28.4 Å². The molecule has 0 saturated heterocycles. The maximum atomic E-state index is 13.1. The number of nitrogens with one attached hydrogen (secondary N) is 1. The van der Waals surface area contributed by atoms with Crippen LogP contribution in [0.5, 0.6) is 0 Å². The highest BCUT2D eigenvalue weighted by Crippen LogP contribution is 2.32. The Morgan fingerprint density at radius 2 is 1.88 bits per heavy atom. The largest absolute Gasteiger partial charge is 0.351 e. The molecule has 1 amide bonds. The number of amides is 1. The van der Waals surface area contributed by atoms with Gasteiger partial charge in [-0.1, -0.05) is 24.3 Å². The second kappa shape index (κ2) is 6.21. The lowest BCUT2D eigenvalue weighted by atomic mass is 10.00. The van der Waals surface area contributed by atoms with Crippen LogP contribution in [0.25, 0.3) is 0 Å². The van der Waals surface area contributed by atoms with E-state index in [4.69, 9.17) is 0 Å². The number of hydrogen-bond acceptors (Lipinski definition) is 4. The molecule has 138 valence electrons. The summed E-state index contributed by atoms with van der Waals surface area (Å²) < 4.78 is 27.5. The van der Waals surface area contributed by atoms with Gasteiger partial charge < -0.3 is 5.32 Å². The lowest BCUT2D eigenvalue weighted by Crippen LogP contribution is -2.49. The zero-order valence-electron chi connectivity index (χ0n) is 14.8. The van der Waals surface area contributed by atoms with Crippen molar-refractivity contribution in [1.82, 2.24) is 19.4 Å². The molecule has 0 radical (unpaired) electrons. The van der Waals surface area contributed by atoms with Crippen LogP contribution in [0.3, 0.4) is 0 Å². The average molecular weight is 374 g/mol. The van der Waals surface area contributed by atoms with Crippen molar-refractivity contribution in [1.29, 1.82) is 0 Å². The number of nitrogens with zero attached hydrogens (tertiary/aromatic N) is 3. The van der Waals surface area contributed by atoms with Gasteiger partial charge in [0.1, 0.15) is 6.04 Å². The van der Waals surface area contributed by atoms with Crippen LogP contribution in [0, 0.1) is 0 Å². The first kappa shape index (κ1) is 17.2. The zero-order valence-corrected chi connectivity index (χ0v) is 15.7. The molecule has 1 aromatic heterocycles. The molecule has 0 saturated carbocycles. The second-order valence-electron chi connectivity index (χ2n) is 7.08. The maximum absolute atomic E-state index is 13.1. The summed E-state index contributed by atoms with van der Waals surface area (Å²) in [6, 6.07) is 7.28. The number of benzene rings is 1. The first-order valence-corrected chi connectivity index (χ1v) is 10.5. The van der Waals surface area contributed by atoms with Crippen molar-refractivity contribution in [2.45, 2.75) is 31.3 Å². The number of rotatable bonds is 3. The maximum Gasteiger partial charge on any atom is 0.243 e. The number of carbonyl (C=O) groups excluding carboxylic acids is 1. The molecular formula is C18H22N4O3S. The summed E-state index contributed by atoms with van der Waals surface area (Å²) >= 11 is 0. The van der Waals surface area contributed by atoms with Crippen LogP contribution in [-0.2, 0) is 41.1 Å². The molecular weight excluding hydrogens is 352 g/mol. The Bertz CT molecular complexity index is 942. The SMILES string of the molecule is Cn1ncc2c1CCN(S(C)(=O)=O)C2C(=O)NC1Cc2ccccc2C1. The fourth-order valence-electron chi connectivity index (χ4n) is 4.09. The molecule has 7 nitrogen and oxygen atoms in total. The van der Waals surface area contributed by atoms with E-state index >= 15 is 0 Å². The minimum atomic E-state index is -3.51. The van der Waals surface area contributed by atoms with E-state index in [0.29, 0.717) is 12.0 Å². The molecule has 1 N–H and O–H groups in total. The standard InChI is InChI=1S/C18H22N4O3S/c1-21-16-7-8-22(26(2,24)25)17(15(16)11-19-21)18(23)20-14-9-12-5-3-4-6-13(12)10-14/h3-6,11,14,17H,7-10H2,1-2H3,(H,20,23). The van der Waals surface area contributed by atoms with Crippen molar-refractivity contribution in [3.05, 3.63) is 52.8 Å². The van der Waals surface area contributed by atoms with E-state index < -0.39 is 16.1 Å². The summed E-state index contributed by atoms with van der Waals surface area (Å²) in [5, 5.41) is 7.29. The fourth-order valence-corrected chi connectivity index (χ4v) is 5.10. The minimum Gasteiger partial charge on any atom is -0.351 e. The number of carbonyl (C=O) groups is 1. The number of sulfonamides is 1. The first-order chi connectivity index (χ1) is 12.3. The van der Waals surface area contributed by atoms with Crippen LogP contribution in [0.15, 0.2) is 30.5 Å². The number of aryl methyl sites for hydroxylation is 1. The Balaban J connectivity index is 1.60. The smallest absolute Gasteiger partial charge is 0.243 e. The predicted octanol–water partition coefficient (Wildman–Crippen LogP) is 0.563. The Morgan fingerprint density at radius 1 is 1.23 bits per heavy atom. The van der Waals surface area contributed by atoms with Crippen LogP contribution < -0.4 is 5.32 Å². The van der Waals surface area contributed by atoms with Gasteiger partial charge in [0.15, 0.2) is 0 Å². The third-order valence-electron chi connectivity index (χ3n) is 5.32. The van der Waals surface area contributed by atoms with Gasteiger partial charge >= 0.3 is 0 Å². The van der Waals surface area contributed by atoms with Gasteiger partial charge in [0.05, 0.1) is 12.5 Å². The molecule has 1 atom stereocenters. The highest BCUT2D eigenvalue weighted by molar-refractivity contribution is 7.88. The first-order valence-electron chi connectivity index (χ1n) is 8.69. The molecule has 2 heterocycles. The Hall–Kier alpha value is -2.19. The topological polar surface area (TPSA) is 84.3 Å². The van der Waals surface area contributed by atoms with E-state index in [1.165, 1.54) is 15.4 Å². The number of fused-ring (bicyclic) bond motifs is 2. The van der Waals surface area contributed by atoms with Crippen LogP contribution >= 0.6 is 0 Å². The van der Waals surface area contributed by atoms with Gasteiger partial charge in [-0.05, 0) is 24.0 Å². The van der Waals surface area contributed by atoms with Crippen molar-refractivity contribution in [3.63, 3.8) is 0 Å². The summed E-state index contributed by atoms with van der Waals surface area (Å²) in [5.41, 5.74) is 4.07. The van der Waals surface area contributed by atoms with Gasteiger partial charge in [-0.25, -0.2) is 8.42 Å². The normalized spacial score (nSPS) is 20.6. The van der Waals surface area contributed by atoms with Crippen molar-refractivity contribution >= 4 is 15.9 Å². The minimum absolute atomic E-state index is 0.0108. The van der Waals surface area contributed by atoms with E-state index in [1.807, 2.05) is 19.2 Å². The lowest BCUT2D eigenvalue weighted by molar-refractivity contribution is -0.126. The summed E-state index contributed by atoms with van der Waals surface area (Å²) in [6.07, 6.45) is 4.86. The third-order valence-corrected chi connectivity index (χ3v) is 6.56. The van der Waals surface area contributed by atoms with Gasteiger partial charge in [0.2, 0.25) is 15.9 Å². The van der Waals surface area contributed by atoms with E-state index in [9.17, 15) is 13.2 Å². The Labute approximate surface area is 153 Å². The van der Waals surface area contributed by atoms with Crippen molar-refractivity contribution in [2.24, 2.45) is 7.05 Å². The predicted molar refractivity (Wildman–Crippen MR) is 97.0 cm³/mol. The fraction of sp³-hybridized carbons (Fsp3) is 0.444. The Morgan fingerprint density at radius 3 is 2.50 bits per heavy atom. The third kappa shape index (κ3) is 2.93. The highest BCUT2D eigenvalue weighted by Gasteiger charge is 2.40. The van der Waals surface area contributed by atoms with Crippen molar-refractivity contribution in [3.8, 4) is 0 Å². The molecule has 0 bridgehead atoms. The van der Waals surface area contributed by atoms with Gasteiger partial charge in [-0.15, -0.1) is 0 Å². The molecule has 1 aliphatic carbocycles. The highest BCUT2D eigenvalue weighted by atomic mass is 32.2.